The number of hydrogen-bond acceptors (Lipinski definition) is 3. The van der Waals surface area contributed by atoms with Crippen molar-refractivity contribution in [2.45, 2.75) is 25.0 Å². The van der Waals surface area contributed by atoms with Crippen LogP contribution in [0.1, 0.15) is 40.6 Å². The molecule has 0 unspecified atom stereocenters. The number of rotatable bonds is 6. The molecule has 3 atom stereocenters. The molecule has 0 fully saturated rings. The van der Waals surface area contributed by atoms with E-state index in [0.29, 0.717) is 18.4 Å². The topological polar surface area (TPSA) is 33.6 Å². The average molecular weight is 614 g/mol. The summed E-state index contributed by atoms with van der Waals surface area (Å²) in [5.41, 5.74) is 6.88. The van der Waals surface area contributed by atoms with Crippen molar-refractivity contribution in [1.82, 2.24) is 0 Å². The first kappa shape index (κ1) is 24.2. The number of hydrogen-bond donors (Lipinski definition) is 1. The van der Waals surface area contributed by atoms with Crippen LogP contribution < -0.4 is 10.1 Å². The van der Waals surface area contributed by atoms with Crippen molar-refractivity contribution in [3.8, 4) is 5.75 Å². The summed E-state index contributed by atoms with van der Waals surface area (Å²) in [4.78, 5) is 4.78. The molecule has 0 aromatic heterocycles. The predicted molar refractivity (Wildman–Crippen MR) is 159 cm³/mol. The van der Waals surface area contributed by atoms with Gasteiger partial charge >= 0.3 is 0 Å². The van der Waals surface area contributed by atoms with Crippen LogP contribution in [0.3, 0.4) is 0 Å². The van der Waals surface area contributed by atoms with Crippen molar-refractivity contribution in [3.05, 3.63) is 134 Å². The second-order valence-corrected chi connectivity index (χ2v) is 11.3. The van der Waals surface area contributed by atoms with Gasteiger partial charge < -0.3 is 10.1 Å². The lowest BCUT2D eigenvalue weighted by Crippen LogP contribution is -2.28. The summed E-state index contributed by atoms with van der Waals surface area (Å²) in [6.07, 6.45) is 7.68. The first-order valence-corrected chi connectivity index (χ1v) is 14.1. The molecule has 5 heteroatoms. The highest BCUT2D eigenvalue weighted by Crippen LogP contribution is 2.49. The molecule has 3 nitrogen and oxygen atoms in total. The van der Waals surface area contributed by atoms with Crippen LogP contribution in [0.4, 0.5) is 11.4 Å². The summed E-state index contributed by atoms with van der Waals surface area (Å²) in [7, 11) is 0. The van der Waals surface area contributed by atoms with E-state index in [1.54, 1.807) is 0 Å². The van der Waals surface area contributed by atoms with E-state index in [9.17, 15) is 0 Å². The first-order chi connectivity index (χ1) is 18.2. The minimum Gasteiger partial charge on any atom is -0.487 e. The summed E-state index contributed by atoms with van der Waals surface area (Å²) in [5, 5.41) is 3.80. The molecule has 0 saturated carbocycles. The van der Waals surface area contributed by atoms with E-state index in [1.165, 1.54) is 16.8 Å². The Morgan fingerprint density at radius 2 is 1.70 bits per heavy atom. The summed E-state index contributed by atoms with van der Waals surface area (Å²) in [5.74, 6) is 1.79. The number of aliphatic imine (C=N–C) groups is 1. The molecule has 1 heterocycles. The van der Waals surface area contributed by atoms with E-state index in [1.807, 2.05) is 36.5 Å². The summed E-state index contributed by atoms with van der Waals surface area (Å²) in [6, 6.07) is 31.8. The second-order valence-electron chi connectivity index (χ2n) is 9.49. The van der Waals surface area contributed by atoms with Crippen LogP contribution >= 0.6 is 31.9 Å². The van der Waals surface area contributed by atoms with Crippen molar-refractivity contribution in [3.63, 3.8) is 0 Å². The number of ether oxygens (including phenoxy) is 1. The van der Waals surface area contributed by atoms with Gasteiger partial charge in [0.05, 0.1) is 16.2 Å². The average Bonchev–Trinajstić information content (AvgIpc) is 3.42. The molecule has 4 aromatic carbocycles. The smallest absolute Gasteiger partial charge is 0.142 e. The zero-order chi connectivity index (χ0) is 25.2. The van der Waals surface area contributed by atoms with Crippen molar-refractivity contribution in [1.29, 1.82) is 0 Å². The molecule has 1 N–H and O–H groups in total. The quantitative estimate of drug-likeness (QED) is 0.174. The number of benzene rings is 4. The Kier molecular flexibility index (Phi) is 6.99. The van der Waals surface area contributed by atoms with E-state index in [0.717, 1.165) is 37.9 Å². The van der Waals surface area contributed by atoms with Crippen LogP contribution in [0.25, 0.3) is 0 Å². The highest BCUT2D eigenvalue weighted by molar-refractivity contribution is 9.11. The van der Waals surface area contributed by atoms with Crippen molar-refractivity contribution >= 4 is 49.4 Å². The van der Waals surface area contributed by atoms with Gasteiger partial charge in [0.1, 0.15) is 12.4 Å². The minimum atomic E-state index is 0.284. The van der Waals surface area contributed by atoms with Gasteiger partial charge in [-0.1, -0.05) is 88.7 Å². The molecule has 1 aliphatic carbocycles. The van der Waals surface area contributed by atoms with E-state index in [-0.39, 0.29) is 6.04 Å². The number of anilines is 1. The van der Waals surface area contributed by atoms with Gasteiger partial charge in [-0.25, -0.2) is 0 Å². The van der Waals surface area contributed by atoms with Gasteiger partial charge in [0.25, 0.3) is 0 Å². The van der Waals surface area contributed by atoms with Crippen LogP contribution in [0, 0.1) is 5.92 Å². The third-order valence-electron chi connectivity index (χ3n) is 7.14. The molecule has 0 saturated heterocycles. The van der Waals surface area contributed by atoms with Crippen molar-refractivity contribution in [2.75, 3.05) is 5.32 Å². The van der Waals surface area contributed by atoms with Crippen LogP contribution in [-0.4, -0.2) is 6.21 Å². The van der Waals surface area contributed by atoms with Gasteiger partial charge in [0, 0.05) is 27.9 Å². The number of halogens is 2. The van der Waals surface area contributed by atoms with Crippen LogP contribution in [0.2, 0.25) is 0 Å². The number of fused-ring (bicyclic) bond motifs is 3. The SMILES string of the molecule is Brc1cc(Br)c(OCc2ccccc2)c(C=Nc2ccc([C@@H]3Nc4ccccc4[C@@H]4C=CC[C@@H]43)cc2)c1. The fraction of sp³-hybridized carbons (Fsp3) is 0.156. The molecule has 184 valence electrons. The molecule has 6 rings (SSSR count). The Bertz CT molecular complexity index is 1460. The Morgan fingerprint density at radius 1 is 0.919 bits per heavy atom. The Balaban J connectivity index is 1.22. The van der Waals surface area contributed by atoms with Crippen molar-refractivity contribution in [2.24, 2.45) is 10.9 Å². The maximum Gasteiger partial charge on any atom is 0.142 e. The molecule has 0 spiro atoms. The van der Waals surface area contributed by atoms with Crippen LogP contribution in [0.15, 0.2) is 117 Å². The highest BCUT2D eigenvalue weighted by Gasteiger charge is 2.37. The van der Waals surface area contributed by atoms with Gasteiger partial charge in [0.2, 0.25) is 0 Å². The summed E-state index contributed by atoms with van der Waals surface area (Å²) < 4.78 is 8.04. The van der Waals surface area contributed by atoms with Crippen LogP contribution in [-0.2, 0) is 6.61 Å². The summed E-state index contributed by atoms with van der Waals surface area (Å²) in [6.45, 7) is 0.491. The highest BCUT2D eigenvalue weighted by atomic mass is 79.9. The lowest BCUT2D eigenvalue weighted by molar-refractivity contribution is 0.304. The van der Waals surface area contributed by atoms with Gasteiger partial charge in [-0.3, -0.25) is 4.99 Å². The van der Waals surface area contributed by atoms with E-state index in [4.69, 9.17) is 9.73 Å². The third kappa shape index (κ3) is 5.16. The fourth-order valence-corrected chi connectivity index (χ4v) is 6.72. The Morgan fingerprint density at radius 3 is 2.54 bits per heavy atom. The number of para-hydroxylation sites is 1. The zero-order valence-electron chi connectivity index (χ0n) is 20.1. The second kappa shape index (κ2) is 10.7. The van der Waals surface area contributed by atoms with E-state index >= 15 is 0 Å². The lowest BCUT2D eigenvalue weighted by atomic mass is 9.77. The van der Waals surface area contributed by atoms with Gasteiger partial charge in [-0.15, -0.1) is 0 Å². The standard InChI is InChI=1S/C32H26Br2N2O/c33-24-17-23(32(29(34)18-24)37-20-21-7-2-1-3-8-21)19-35-25-15-13-22(14-16-25)31-28-11-6-10-26(28)27-9-4-5-12-30(27)36-31/h1-10,12-19,26,28,31,36H,11,20H2/t26-,28-,31-/m0/s1. The predicted octanol–water partition coefficient (Wildman–Crippen LogP) is 9.37. The largest absolute Gasteiger partial charge is 0.487 e. The molecule has 0 radical (unpaired) electrons. The fourth-order valence-electron chi connectivity index (χ4n) is 5.34. The van der Waals surface area contributed by atoms with Crippen LogP contribution in [0.5, 0.6) is 5.75 Å². The number of allylic oxidation sites excluding steroid dienone is 2. The molecule has 2 aliphatic rings. The molecule has 1 aliphatic heterocycles. The lowest BCUT2D eigenvalue weighted by Gasteiger charge is -2.37. The summed E-state index contributed by atoms with van der Waals surface area (Å²) >= 11 is 7.25. The zero-order valence-corrected chi connectivity index (χ0v) is 23.3. The first-order valence-electron chi connectivity index (χ1n) is 12.5. The molecule has 37 heavy (non-hydrogen) atoms. The third-order valence-corrected chi connectivity index (χ3v) is 8.19. The molecular formula is C32H26Br2N2O. The monoisotopic (exact) mass is 612 g/mol. The van der Waals surface area contributed by atoms with Crippen molar-refractivity contribution < 1.29 is 4.74 Å². The number of nitrogens with zero attached hydrogens (tertiary/aromatic N) is 1. The van der Waals surface area contributed by atoms with Gasteiger partial charge in [0.15, 0.2) is 0 Å². The van der Waals surface area contributed by atoms with E-state index < -0.39 is 0 Å². The Labute approximate surface area is 234 Å². The molecular weight excluding hydrogens is 588 g/mol. The van der Waals surface area contributed by atoms with Gasteiger partial charge in [-0.05, 0) is 75.3 Å². The molecule has 4 aromatic rings. The maximum atomic E-state index is 6.19. The minimum absolute atomic E-state index is 0.284. The Hall–Kier alpha value is -3.15. The molecule has 0 amide bonds. The normalized spacial score (nSPS) is 19.9. The van der Waals surface area contributed by atoms with Gasteiger partial charge in [-0.2, -0.15) is 0 Å². The van der Waals surface area contributed by atoms with E-state index in [2.05, 4.69) is 110 Å². The molecule has 0 bridgehead atoms. The maximum absolute atomic E-state index is 6.19. The number of nitrogens with one attached hydrogen (secondary N) is 1.